The zero-order valence-corrected chi connectivity index (χ0v) is 14.8. The van der Waals surface area contributed by atoms with Crippen LogP contribution < -0.4 is 11.1 Å². The summed E-state index contributed by atoms with van der Waals surface area (Å²) in [6.45, 7) is 6.24. The molecule has 2 rings (SSSR count). The van der Waals surface area contributed by atoms with Crippen LogP contribution in [0.15, 0.2) is 30.6 Å². The van der Waals surface area contributed by atoms with Gasteiger partial charge in [-0.25, -0.2) is 4.98 Å². The van der Waals surface area contributed by atoms with Gasteiger partial charge in [0.1, 0.15) is 5.69 Å². The third-order valence-corrected chi connectivity index (χ3v) is 4.46. The number of aromatic nitrogens is 2. The number of rotatable bonds is 7. The molecule has 0 fully saturated rings. The van der Waals surface area contributed by atoms with E-state index in [9.17, 15) is 14.9 Å². The van der Waals surface area contributed by atoms with Crippen LogP contribution in [0.25, 0.3) is 0 Å². The molecule has 0 spiro atoms. The van der Waals surface area contributed by atoms with Crippen LogP contribution in [-0.4, -0.2) is 32.3 Å². The molecule has 0 aliphatic heterocycles. The summed E-state index contributed by atoms with van der Waals surface area (Å²) >= 11 is 0. The van der Waals surface area contributed by atoms with Gasteiger partial charge in [0.25, 0.3) is 5.69 Å². The number of ketones is 1. The Kier molecular flexibility index (Phi) is 5.22. The summed E-state index contributed by atoms with van der Waals surface area (Å²) < 4.78 is 1.57. The van der Waals surface area contributed by atoms with Gasteiger partial charge in [-0.15, -0.1) is 0 Å². The predicted molar refractivity (Wildman–Crippen MR) is 95.7 cm³/mol. The summed E-state index contributed by atoms with van der Waals surface area (Å²) in [6, 6.07) is 4.35. The van der Waals surface area contributed by atoms with Crippen LogP contribution in [0.4, 0.5) is 11.4 Å². The standard InChI is InChI=1S/C17H23N5O3/c1-11(2)17(3,18)10-20-13-6-5-12(9-14(13)22(24)25)15(23)16-19-7-8-21(16)4/h5-9,11,20H,10,18H2,1-4H3. The van der Waals surface area contributed by atoms with Crippen LogP contribution in [0.3, 0.4) is 0 Å². The lowest BCUT2D eigenvalue weighted by atomic mass is 9.89. The zero-order chi connectivity index (χ0) is 18.8. The molecule has 1 aromatic carbocycles. The number of hydrogen-bond acceptors (Lipinski definition) is 6. The summed E-state index contributed by atoms with van der Waals surface area (Å²) in [5.41, 5.74) is 6.06. The van der Waals surface area contributed by atoms with Crippen LogP contribution in [0.5, 0.6) is 0 Å². The quantitative estimate of drug-likeness (QED) is 0.452. The smallest absolute Gasteiger partial charge is 0.293 e. The van der Waals surface area contributed by atoms with Crippen LogP contribution >= 0.6 is 0 Å². The maximum Gasteiger partial charge on any atom is 0.293 e. The maximum atomic E-state index is 12.5. The SMILES string of the molecule is CC(C)C(C)(N)CNc1ccc(C(=O)c2nccn2C)cc1[N+](=O)[O-]. The molecule has 0 saturated carbocycles. The molecule has 134 valence electrons. The van der Waals surface area contributed by atoms with E-state index in [4.69, 9.17) is 5.73 Å². The van der Waals surface area contributed by atoms with Gasteiger partial charge in [-0.05, 0) is 25.0 Å². The monoisotopic (exact) mass is 345 g/mol. The van der Waals surface area contributed by atoms with E-state index in [1.165, 1.54) is 18.3 Å². The van der Waals surface area contributed by atoms with Gasteiger partial charge in [0.2, 0.25) is 5.78 Å². The lowest BCUT2D eigenvalue weighted by Crippen LogP contribution is -2.47. The first-order valence-electron chi connectivity index (χ1n) is 7.96. The Morgan fingerprint density at radius 3 is 2.68 bits per heavy atom. The average Bonchev–Trinajstić information content (AvgIpc) is 2.98. The number of nitro benzene ring substituents is 1. The van der Waals surface area contributed by atoms with Crippen LogP contribution in [0.1, 0.15) is 37.0 Å². The number of hydrogen-bond donors (Lipinski definition) is 2. The Labute approximate surface area is 146 Å². The van der Waals surface area contributed by atoms with Gasteiger partial charge in [0.05, 0.1) is 4.92 Å². The number of nitrogens with two attached hydrogens (primary N) is 1. The second kappa shape index (κ2) is 7.02. The molecule has 8 heteroatoms. The van der Waals surface area contributed by atoms with Crippen LogP contribution in [0.2, 0.25) is 0 Å². The first-order chi connectivity index (χ1) is 11.6. The van der Waals surface area contributed by atoms with E-state index in [0.29, 0.717) is 12.2 Å². The zero-order valence-electron chi connectivity index (χ0n) is 14.8. The summed E-state index contributed by atoms with van der Waals surface area (Å²) in [5.74, 6) is 0.0562. The number of carbonyl (C=O) groups excluding carboxylic acids is 1. The number of aryl methyl sites for hydroxylation is 1. The third-order valence-electron chi connectivity index (χ3n) is 4.46. The summed E-state index contributed by atoms with van der Waals surface area (Å²) in [4.78, 5) is 27.4. The van der Waals surface area contributed by atoms with Gasteiger partial charge in [0.15, 0.2) is 5.82 Å². The molecule has 1 heterocycles. The van der Waals surface area contributed by atoms with E-state index in [2.05, 4.69) is 10.3 Å². The molecule has 8 nitrogen and oxygen atoms in total. The fraction of sp³-hybridized carbons (Fsp3) is 0.412. The first kappa shape index (κ1) is 18.6. The minimum absolute atomic E-state index is 0.167. The highest BCUT2D eigenvalue weighted by Gasteiger charge is 2.25. The fourth-order valence-electron chi connectivity index (χ4n) is 2.18. The van der Waals surface area contributed by atoms with E-state index in [1.54, 1.807) is 23.9 Å². The van der Waals surface area contributed by atoms with Gasteiger partial charge >= 0.3 is 0 Å². The van der Waals surface area contributed by atoms with Crippen molar-refractivity contribution >= 4 is 17.2 Å². The van der Waals surface area contributed by atoms with E-state index in [0.717, 1.165) is 0 Å². The molecule has 1 atom stereocenters. The van der Waals surface area contributed by atoms with E-state index < -0.39 is 10.5 Å². The minimum atomic E-state index is -0.519. The van der Waals surface area contributed by atoms with Gasteiger partial charge in [-0.1, -0.05) is 13.8 Å². The highest BCUT2D eigenvalue weighted by molar-refractivity contribution is 6.07. The van der Waals surface area contributed by atoms with Crippen molar-refractivity contribution in [1.82, 2.24) is 9.55 Å². The molecule has 0 radical (unpaired) electrons. The van der Waals surface area contributed by atoms with Gasteiger partial charge in [-0.2, -0.15) is 0 Å². The number of nitrogens with zero attached hydrogens (tertiary/aromatic N) is 3. The lowest BCUT2D eigenvalue weighted by Gasteiger charge is -2.29. The molecule has 1 aromatic heterocycles. The lowest BCUT2D eigenvalue weighted by molar-refractivity contribution is -0.384. The molecule has 0 aliphatic carbocycles. The van der Waals surface area contributed by atoms with Crippen molar-refractivity contribution in [2.45, 2.75) is 26.3 Å². The number of anilines is 1. The number of nitro groups is 1. The van der Waals surface area contributed by atoms with Crippen molar-refractivity contribution in [3.63, 3.8) is 0 Å². The Morgan fingerprint density at radius 2 is 2.16 bits per heavy atom. The molecule has 0 aliphatic rings. The van der Waals surface area contributed by atoms with Crippen LogP contribution in [-0.2, 0) is 7.05 Å². The highest BCUT2D eigenvalue weighted by Crippen LogP contribution is 2.27. The van der Waals surface area contributed by atoms with E-state index in [1.807, 2.05) is 20.8 Å². The largest absolute Gasteiger partial charge is 0.378 e. The van der Waals surface area contributed by atoms with Crippen molar-refractivity contribution in [2.75, 3.05) is 11.9 Å². The summed E-state index contributed by atoms with van der Waals surface area (Å²) in [5, 5.41) is 14.4. The fourth-order valence-corrected chi connectivity index (χ4v) is 2.18. The molecular formula is C17H23N5O3. The van der Waals surface area contributed by atoms with Crippen molar-refractivity contribution < 1.29 is 9.72 Å². The Bertz CT molecular complexity index is 795. The number of carbonyl (C=O) groups is 1. The molecule has 25 heavy (non-hydrogen) atoms. The normalized spacial score (nSPS) is 13.5. The van der Waals surface area contributed by atoms with Crippen molar-refractivity contribution in [2.24, 2.45) is 18.7 Å². The van der Waals surface area contributed by atoms with Gasteiger partial charge in [0, 0.05) is 43.2 Å². The predicted octanol–water partition coefficient (Wildman–Crippen LogP) is 2.34. The van der Waals surface area contributed by atoms with Crippen molar-refractivity contribution in [3.8, 4) is 0 Å². The second-order valence-electron chi connectivity index (χ2n) is 6.69. The van der Waals surface area contributed by atoms with E-state index >= 15 is 0 Å². The molecule has 1 unspecified atom stereocenters. The number of nitrogens with one attached hydrogen (secondary N) is 1. The van der Waals surface area contributed by atoms with Crippen molar-refractivity contribution in [3.05, 3.63) is 52.1 Å². The topological polar surface area (TPSA) is 116 Å². The van der Waals surface area contributed by atoms with Crippen molar-refractivity contribution in [1.29, 1.82) is 0 Å². The molecule has 3 N–H and O–H groups in total. The van der Waals surface area contributed by atoms with Crippen LogP contribution in [0, 0.1) is 16.0 Å². The Hall–Kier alpha value is -2.74. The molecule has 0 bridgehead atoms. The minimum Gasteiger partial charge on any atom is -0.378 e. The number of benzene rings is 1. The first-order valence-corrected chi connectivity index (χ1v) is 7.96. The maximum absolute atomic E-state index is 12.5. The molecule has 0 amide bonds. The molecule has 0 saturated heterocycles. The number of imidazole rings is 1. The summed E-state index contributed by atoms with van der Waals surface area (Å²) in [7, 11) is 1.69. The van der Waals surface area contributed by atoms with E-state index in [-0.39, 0.29) is 28.8 Å². The molecule has 2 aromatic rings. The van der Waals surface area contributed by atoms with Gasteiger partial charge in [-0.3, -0.25) is 14.9 Å². The Balaban J connectivity index is 2.31. The van der Waals surface area contributed by atoms with Gasteiger partial charge < -0.3 is 15.6 Å². The summed E-state index contributed by atoms with van der Waals surface area (Å²) in [6.07, 6.45) is 3.15. The third kappa shape index (κ3) is 4.03. The highest BCUT2D eigenvalue weighted by atomic mass is 16.6. The molecular weight excluding hydrogens is 322 g/mol. The second-order valence-corrected chi connectivity index (χ2v) is 6.69. The average molecular weight is 345 g/mol. The Morgan fingerprint density at radius 1 is 1.48 bits per heavy atom.